The highest BCUT2D eigenvalue weighted by atomic mass is 31.2. The standard InChI is InChI=1S/C10H16NO2P/c1-13-7-8-4-5-9(11)10(6-8)14(2,3)12/h4-6H,7,11H2,1-3H3. The lowest BCUT2D eigenvalue weighted by Crippen LogP contribution is -2.11. The van der Waals surface area contributed by atoms with E-state index in [1.165, 1.54) is 0 Å². The number of hydrogen-bond donors (Lipinski definition) is 1. The van der Waals surface area contributed by atoms with Gasteiger partial charge >= 0.3 is 0 Å². The maximum atomic E-state index is 11.9. The predicted octanol–water partition coefficient (Wildman–Crippen LogP) is 1.66. The summed E-state index contributed by atoms with van der Waals surface area (Å²) in [6.45, 7) is 3.96. The third-order valence-electron chi connectivity index (χ3n) is 1.99. The van der Waals surface area contributed by atoms with Crippen LogP contribution in [0.3, 0.4) is 0 Å². The van der Waals surface area contributed by atoms with E-state index < -0.39 is 7.14 Å². The second kappa shape index (κ2) is 4.16. The highest BCUT2D eigenvalue weighted by Crippen LogP contribution is 2.37. The summed E-state index contributed by atoms with van der Waals surface area (Å²) < 4.78 is 16.9. The molecule has 0 aliphatic heterocycles. The van der Waals surface area contributed by atoms with Crippen molar-refractivity contribution in [3.05, 3.63) is 23.8 Å². The van der Waals surface area contributed by atoms with Crippen molar-refractivity contribution in [1.82, 2.24) is 0 Å². The van der Waals surface area contributed by atoms with Crippen LogP contribution in [0.25, 0.3) is 0 Å². The summed E-state index contributed by atoms with van der Waals surface area (Å²) in [5, 5.41) is 0.743. The van der Waals surface area contributed by atoms with Gasteiger partial charge in [0, 0.05) is 18.1 Å². The second-order valence-corrected chi connectivity index (χ2v) is 6.86. The van der Waals surface area contributed by atoms with Crippen molar-refractivity contribution in [3.8, 4) is 0 Å². The van der Waals surface area contributed by atoms with Gasteiger partial charge in [0.2, 0.25) is 0 Å². The first kappa shape index (κ1) is 11.3. The number of rotatable bonds is 3. The molecule has 2 N–H and O–H groups in total. The number of nitrogens with two attached hydrogens (primary N) is 1. The molecule has 0 atom stereocenters. The van der Waals surface area contributed by atoms with Crippen LogP contribution in [-0.4, -0.2) is 20.4 Å². The zero-order chi connectivity index (χ0) is 10.8. The Balaban J connectivity index is 3.15. The Morgan fingerprint density at radius 2 is 2.07 bits per heavy atom. The van der Waals surface area contributed by atoms with Crippen molar-refractivity contribution >= 4 is 18.1 Å². The molecule has 4 heteroatoms. The molecule has 3 nitrogen and oxygen atoms in total. The Hall–Kier alpha value is -0.790. The first-order chi connectivity index (χ1) is 6.45. The first-order valence-electron chi connectivity index (χ1n) is 4.38. The van der Waals surface area contributed by atoms with Crippen LogP contribution in [0.15, 0.2) is 18.2 Å². The molecule has 0 aliphatic rings. The van der Waals surface area contributed by atoms with E-state index in [4.69, 9.17) is 10.5 Å². The quantitative estimate of drug-likeness (QED) is 0.613. The van der Waals surface area contributed by atoms with E-state index in [0.717, 1.165) is 10.9 Å². The van der Waals surface area contributed by atoms with Crippen LogP contribution in [0, 0.1) is 0 Å². The Morgan fingerprint density at radius 3 is 2.57 bits per heavy atom. The van der Waals surface area contributed by atoms with Gasteiger partial charge in [-0.1, -0.05) is 6.07 Å². The van der Waals surface area contributed by atoms with Gasteiger partial charge in [-0.15, -0.1) is 0 Å². The molecular formula is C10H16NO2P. The van der Waals surface area contributed by atoms with Crippen molar-refractivity contribution < 1.29 is 9.30 Å². The summed E-state index contributed by atoms with van der Waals surface area (Å²) in [4.78, 5) is 0. The van der Waals surface area contributed by atoms with E-state index in [1.54, 1.807) is 26.5 Å². The minimum Gasteiger partial charge on any atom is -0.398 e. The average molecular weight is 213 g/mol. The van der Waals surface area contributed by atoms with Crippen molar-refractivity contribution in [2.75, 3.05) is 26.2 Å². The van der Waals surface area contributed by atoms with Crippen LogP contribution in [0.4, 0.5) is 5.69 Å². The lowest BCUT2D eigenvalue weighted by Gasteiger charge is -2.11. The first-order valence-corrected chi connectivity index (χ1v) is 6.98. The Kier molecular flexibility index (Phi) is 3.35. The van der Waals surface area contributed by atoms with E-state index >= 15 is 0 Å². The van der Waals surface area contributed by atoms with Crippen molar-refractivity contribution in [1.29, 1.82) is 0 Å². The lowest BCUT2D eigenvalue weighted by atomic mass is 10.2. The fourth-order valence-electron chi connectivity index (χ4n) is 1.31. The summed E-state index contributed by atoms with van der Waals surface area (Å²) in [5.41, 5.74) is 7.35. The van der Waals surface area contributed by atoms with Crippen LogP contribution in [0.5, 0.6) is 0 Å². The van der Waals surface area contributed by atoms with Gasteiger partial charge in [0.15, 0.2) is 0 Å². The number of benzene rings is 1. The van der Waals surface area contributed by atoms with Gasteiger partial charge in [0.25, 0.3) is 0 Å². The molecule has 14 heavy (non-hydrogen) atoms. The van der Waals surface area contributed by atoms with Gasteiger partial charge in [-0.3, -0.25) is 0 Å². The van der Waals surface area contributed by atoms with Crippen LogP contribution in [0.2, 0.25) is 0 Å². The highest BCUT2D eigenvalue weighted by molar-refractivity contribution is 7.70. The number of hydrogen-bond acceptors (Lipinski definition) is 3. The third-order valence-corrected chi connectivity index (χ3v) is 3.53. The summed E-state index contributed by atoms with van der Waals surface area (Å²) in [5.74, 6) is 0. The van der Waals surface area contributed by atoms with E-state index in [0.29, 0.717) is 12.3 Å². The minimum absolute atomic E-state index is 0.521. The SMILES string of the molecule is COCc1ccc(N)c(P(C)(C)=O)c1. The van der Waals surface area contributed by atoms with E-state index in [1.807, 2.05) is 12.1 Å². The molecule has 0 heterocycles. The summed E-state index contributed by atoms with van der Waals surface area (Å²) >= 11 is 0. The smallest absolute Gasteiger partial charge is 0.111 e. The maximum absolute atomic E-state index is 11.9. The second-order valence-electron chi connectivity index (χ2n) is 3.68. The minimum atomic E-state index is -2.29. The van der Waals surface area contributed by atoms with E-state index in [2.05, 4.69) is 0 Å². The molecule has 0 saturated heterocycles. The molecule has 0 saturated carbocycles. The summed E-state index contributed by atoms with van der Waals surface area (Å²) in [6.07, 6.45) is 0. The fraction of sp³-hybridized carbons (Fsp3) is 0.400. The molecular weight excluding hydrogens is 197 g/mol. The molecule has 0 bridgehead atoms. The number of anilines is 1. The van der Waals surface area contributed by atoms with Crippen molar-refractivity contribution in [2.45, 2.75) is 6.61 Å². The number of methoxy groups -OCH3 is 1. The normalized spacial score (nSPS) is 11.6. The largest absolute Gasteiger partial charge is 0.398 e. The average Bonchev–Trinajstić information content (AvgIpc) is 2.07. The molecule has 78 valence electrons. The Labute approximate surface area is 84.6 Å². The van der Waals surface area contributed by atoms with Gasteiger partial charge in [0.05, 0.1) is 6.61 Å². The summed E-state index contributed by atoms with van der Waals surface area (Å²) in [7, 11) is -0.654. The maximum Gasteiger partial charge on any atom is 0.111 e. The van der Waals surface area contributed by atoms with Gasteiger partial charge in [-0.2, -0.15) is 0 Å². The lowest BCUT2D eigenvalue weighted by molar-refractivity contribution is 0.185. The fourth-order valence-corrected chi connectivity index (χ4v) is 2.49. The molecule has 0 radical (unpaired) electrons. The Bertz CT molecular complexity index is 370. The monoisotopic (exact) mass is 213 g/mol. The van der Waals surface area contributed by atoms with Crippen LogP contribution < -0.4 is 11.0 Å². The van der Waals surface area contributed by atoms with E-state index in [9.17, 15) is 4.57 Å². The van der Waals surface area contributed by atoms with Crippen LogP contribution >= 0.6 is 7.14 Å². The summed E-state index contributed by atoms with van der Waals surface area (Å²) in [6, 6.07) is 5.53. The molecule has 1 aromatic rings. The van der Waals surface area contributed by atoms with Gasteiger partial charge in [0.1, 0.15) is 7.14 Å². The molecule has 0 spiro atoms. The molecule has 1 aromatic carbocycles. The number of ether oxygens (including phenoxy) is 1. The highest BCUT2D eigenvalue weighted by Gasteiger charge is 2.14. The molecule has 1 rings (SSSR count). The van der Waals surface area contributed by atoms with Crippen LogP contribution in [-0.2, 0) is 15.9 Å². The predicted molar refractivity (Wildman–Crippen MR) is 60.7 cm³/mol. The van der Waals surface area contributed by atoms with E-state index in [-0.39, 0.29) is 0 Å². The molecule has 0 aromatic heterocycles. The molecule has 0 fully saturated rings. The van der Waals surface area contributed by atoms with Gasteiger partial charge in [-0.05, 0) is 31.0 Å². The number of nitrogen functional groups attached to an aromatic ring is 1. The zero-order valence-corrected chi connectivity index (χ0v) is 9.67. The van der Waals surface area contributed by atoms with Crippen LogP contribution in [0.1, 0.15) is 5.56 Å². The van der Waals surface area contributed by atoms with Gasteiger partial charge < -0.3 is 15.0 Å². The van der Waals surface area contributed by atoms with Crippen molar-refractivity contribution in [3.63, 3.8) is 0 Å². The van der Waals surface area contributed by atoms with Gasteiger partial charge in [-0.25, -0.2) is 0 Å². The Morgan fingerprint density at radius 1 is 1.43 bits per heavy atom. The molecule has 0 unspecified atom stereocenters. The zero-order valence-electron chi connectivity index (χ0n) is 8.78. The van der Waals surface area contributed by atoms with Crippen molar-refractivity contribution in [2.24, 2.45) is 0 Å². The molecule has 0 aliphatic carbocycles. The molecule has 0 amide bonds. The topological polar surface area (TPSA) is 52.3 Å². The third kappa shape index (κ3) is 2.60.